The Morgan fingerprint density at radius 3 is 2.16 bits per heavy atom. The molecule has 2 aromatic heterocycles. The molecule has 0 atom stereocenters. The number of rotatable bonds is 7. The fourth-order valence-electron chi connectivity index (χ4n) is 2.50. The maximum atomic E-state index is 12.7. The highest BCUT2D eigenvalue weighted by molar-refractivity contribution is 5.94. The molecule has 0 aliphatic rings. The van der Waals surface area contributed by atoms with Crippen molar-refractivity contribution in [3.8, 4) is 0 Å². The number of carbonyl (C=O) groups excluding carboxylic acids is 2. The lowest BCUT2D eigenvalue weighted by atomic mass is 10.0. The summed E-state index contributed by atoms with van der Waals surface area (Å²) < 4.78 is 3.30. The van der Waals surface area contributed by atoms with E-state index < -0.39 is 5.54 Å². The van der Waals surface area contributed by atoms with Crippen LogP contribution in [0.15, 0.2) is 24.5 Å². The van der Waals surface area contributed by atoms with E-state index in [1.807, 2.05) is 27.7 Å². The van der Waals surface area contributed by atoms with Crippen molar-refractivity contribution in [3.63, 3.8) is 0 Å². The van der Waals surface area contributed by atoms with Crippen molar-refractivity contribution in [3.05, 3.63) is 35.9 Å². The maximum Gasteiger partial charge on any atom is 0.272 e. The number of nitrogens with zero attached hydrogens (tertiary/aromatic N) is 5. The molecule has 1 N–H and O–H groups in total. The van der Waals surface area contributed by atoms with Gasteiger partial charge in [0.15, 0.2) is 0 Å². The molecule has 0 spiro atoms. The normalized spacial score (nSPS) is 11.4. The molecule has 25 heavy (non-hydrogen) atoms. The lowest BCUT2D eigenvalue weighted by Gasteiger charge is -2.35. The van der Waals surface area contributed by atoms with E-state index in [-0.39, 0.29) is 11.8 Å². The first-order chi connectivity index (χ1) is 11.8. The van der Waals surface area contributed by atoms with Gasteiger partial charge in [0.05, 0.1) is 5.54 Å². The monoisotopic (exact) mass is 346 g/mol. The molecule has 2 amide bonds. The van der Waals surface area contributed by atoms with Gasteiger partial charge in [0.2, 0.25) is 0 Å². The first-order valence-corrected chi connectivity index (χ1v) is 8.41. The average Bonchev–Trinajstić information content (AvgIpc) is 3.26. The third-order valence-electron chi connectivity index (χ3n) is 4.38. The van der Waals surface area contributed by atoms with Gasteiger partial charge in [-0.2, -0.15) is 10.2 Å². The van der Waals surface area contributed by atoms with Crippen LogP contribution in [0.1, 0.15) is 48.7 Å². The molecule has 0 aromatic carbocycles. The Morgan fingerprint density at radius 2 is 1.60 bits per heavy atom. The van der Waals surface area contributed by atoms with Crippen LogP contribution in [0.5, 0.6) is 0 Å². The molecule has 0 saturated heterocycles. The maximum absolute atomic E-state index is 12.7. The van der Waals surface area contributed by atoms with Crippen LogP contribution in [0.3, 0.4) is 0 Å². The predicted octanol–water partition coefficient (Wildman–Crippen LogP) is 1.40. The largest absolute Gasteiger partial charge is 0.348 e. The highest BCUT2D eigenvalue weighted by Gasteiger charge is 2.30. The summed E-state index contributed by atoms with van der Waals surface area (Å²) in [7, 11) is 1.73. The van der Waals surface area contributed by atoms with Crippen molar-refractivity contribution in [1.29, 1.82) is 0 Å². The van der Waals surface area contributed by atoms with Gasteiger partial charge >= 0.3 is 0 Å². The van der Waals surface area contributed by atoms with Crippen molar-refractivity contribution < 1.29 is 9.59 Å². The minimum atomic E-state index is -0.563. The number of hydrogen-bond acceptors (Lipinski definition) is 4. The summed E-state index contributed by atoms with van der Waals surface area (Å²) in [5.41, 5.74) is 0.483. The van der Waals surface area contributed by atoms with Gasteiger partial charge in [0, 0.05) is 39.1 Å². The summed E-state index contributed by atoms with van der Waals surface area (Å²) in [6, 6.07) is 3.39. The highest BCUT2D eigenvalue weighted by atomic mass is 16.2. The van der Waals surface area contributed by atoms with Gasteiger partial charge in [-0.25, -0.2) is 0 Å². The van der Waals surface area contributed by atoms with E-state index in [4.69, 9.17) is 0 Å². The second-order valence-corrected chi connectivity index (χ2v) is 6.42. The third-order valence-corrected chi connectivity index (χ3v) is 4.38. The van der Waals surface area contributed by atoms with Crippen LogP contribution in [0.4, 0.5) is 0 Å². The van der Waals surface area contributed by atoms with Crippen LogP contribution in [-0.2, 0) is 13.1 Å². The molecule has 0 saturated carbocycles. The Kier molecular flexibility index (Phi) is 5.61. The van der Waals surface area contributed by atoms with Crippen LogP contribution in [-0.4, -0.2) is 55.4 Å². The van der Waals surface area contributed by atoms with Gasteiger partial charge in [0.25, 0.3) is 11.8 Å². The quantitative estimate of drug-likeness (QED) is 0.821. The Hall–Kier alpha value is -2.64. The fourth-order valence-corrected chi connectivity index (χ4v) is 2.50. The van der Waals surface area contributed by atoms with E-state index in [1.54, 1.807) is 45.8 Å². The lowest BCUT2D eigenvalue weighted by molar-refractivity contribution is 0.0599. The standard InChI is InChI=1S/C17H26N6O2/c1-6-22-13(8-10-19-22)15(24)18-12-17(3,4)21(5)16(25)14-9-11-20-23(14)7-2/h8-11H,6-7,12H2,1-5H3,(H,18,24). The molecular weight excluding hydrogens is 320 g/mol. The van der Waals surface area contributed by atoms with Crippen LogP contribution >= 0.6 is 0 Å². The minimum absolute atomic E-state index is 0.128. The molecule has 0 fully saturated rings. The van der Waals surface area contributed by atoms with E-state index in [1.165, 1.54) is 0 Å². The van der Waals surface area contributed by atoms with Crippen LogP contribution in [0, 0.1) is 0 Å². The van der Waals surface area contributed by atoms with E-state index >= 15 is 0 Å². The fraction of sp³-hybridized carbons (Fsp3) is 0.529. The molecule has 0 aliphatic heterocycles. The predicted molar refractivity (Wildman–Crippen MR) is 94.3 cm³/mol. The van der Waals surface area contributed by atoms with Gasteiger partial charge < -0.3 is 10.2 Å². The summed E-state index contributed by atoms with van der Waals surface area (Å²) >= 11 is 0. The summed E-state index contributed by atoms with van der Waals surface area (Å²) in [4.78, 5) is 26.7. The highest BCUT2D eigenvalue weighted by Crippen LogP contribution is 2.15. The van der Waals surface area contributed by atoms with E-state index in [0.29, 0.717) is 31.0 Å². The average molecular weight is 346 g/mol. The zero-order valence-electron chi connectivity index (χ0n) is 15.5. The SMILES string of the molecule is CCn1nccc1C(=O)NCC(C)(C)N(C)C(=O)c1ccnn1CC. The van der Waals surface area contributed by atoms with Crippen molar-refractivity contribution in [2.45, 2.75) is 46.3 Å². The number of aromatic nitrogens is 4. The smallest absolute Gasteiger partial charge is 0.272 e. The molecule has 136 valence electrons. The summed E-state index contributed by atoms with van der Waals surface area (Å²) in [5.74, 6) is -0.330. The van der Waals surface area contributed by atoms with Crippen LogP contribution in [0.25, 0.3) is 0 Å². The molecule has 0 aliphatic carbocycles. The molecule has 2 heterocycles. The topological polar surface area (TPSA) is 85.1 Å². The number of amides is 2. The van der Waals surface area contributed by atoms with Crippen LogP contribution < -0.4 is 5.32 Å². The number of carbonyl (C=O) groups is 2. The van der Waals surface area contributed by atoms with Crippen LogP contribution in [0.2, 0.25) is 0 Å². The molecule has 0 unspecified atom stereocenters. The summed E-state index contributed by atoms with van der Waals surface area (Å²) in [5, 5.41) is 11.1. The van der Waals surface area contributed by atoms with Gasteiger partial charge in [0.1, 0.15) is 11.4 Å². The Morgan fingerprint density at radius 1 is 1.08 bits per heavy atom. The lowest BCUT2D eigenvalue weighted by Crippen LogP contribution is -2.52. The molecule has 2 rings (SSSR count). The molecular formula is C17H26N6O2. The molecule has 0 bridgehead atoms. The number of likely N-dealkylation sites (N-methyl/N-ethyl adjacent to an activating group) is 1. The first kappa shape index (κ1) is 18.7. The summed E-state index contributed by atoms with van der Waals surface area (Å²) in [6.45, 7) is 9.26. The van der Waals surface area contributed by atoms with Gasteiger partial charge in [-0.05, 0) is 39.8 Å². The van der Waals surface area contributed by atoms with Gasteiger partial charge in [-0.1, -0.05) is 0 Å². The van der Waals surface area contributed by atoms with Crippen molar-refractivity contribution >= 4 is 11.8 Å². The van der Waals surface area contributed by atoms with Gasteiger partial charge in [-0.3, -0.25) is 19.0 Å². The Balaban J connectivity index is 2.05. The Labute approximate surface area is 147 Å². The number of aryl methyl sites for hydroxylation is 2. The zero-order valence-corrected chi connectivity index (χ0v) is 15.5. The second-order valence-electron chi connectivity index (χ2n) is 6.42. The molecule has 0 radical (unpaired) electrons. The van der Waals surface area contributed by atoms with E-state index in [0.717, 1.165) is 0 Å². The molecule has 2 aromatic rings. The molecule has 8 nitrogen and oxygen atoms in total. The zero-order chi connectivity index (χ0) is 18.6. The van der Waals surface area contributed by atoms with Crippen molar-refractivity contribution in [1.82, 2.24) is 29.8 Å². The third kappa shape index (κ3) is 3.89. The van der Waals surface area contributed by atoms with E-state index in [9.17, 15) is 9.59 Å². The minimum Gasteiger partial charge on any atom is -0.348 e. The number of nitrogens with one attached hydrogen (secondary N) is 1. The first-order valence-electron chi connectivity index (χ1n) is 8.41. The second kappa shape index (κ2) is 7.50. The van der Waals surface area contributed by atoms with Crippen molar-refractivity contribution in [2.75, 3.05) is 13.6 Å². The van der Waals surface area contributed by atoms with E-state index in [2.05, 4.69) is 15.5 Å². The van der Waals surface area contributed by atoms with Gasteiger partial charge in [-0.15, -0.1) is 0 Å². The Bertz CT molecular complexity index is 746. The number of hydrogen-bond donors (Lipinski definition) is 1. The summed E-state index contributed by atoms with van der Waals surface area (Å²) in [6.07, 6.45) is 3.22. The van der Waals surface area contributed by atoms with Crippen molar-refractivity contribution in [2.24, 2.45) is 0 Å². The molecule has 8 heteroatoms.